The van der Waals surface area contributed by atoms with Gasteiger partial charge in [-0.25, -0.2) is 0 Å². The van der Waals surface area contributed by atoms with Gasteiger partial charge in [0.25, 0.3) is 0 Å². The van der Waals surface area contributed by atoms with E-state index in [1.807, 2.05) is 24.3 Å². The molecule has 1 fully saturated rings. The second-order valence-corrected chi connectivity index (χ2v) is 8.50. The molecule has 3 rings (SSSR count). The van der Waals surface area contributed by atoms with Crippen molar-refractivity contribution in [1.29, 1.82) is 0 Å². The molecule has 0 aromatic heterocycles. The summed E-state index contributed by atoms with van der Waals surface area (Å²) in [6.07, 6.45) is 3.71. The highest BCUT2D eigenvalue weighted by Gasteiger charge is 2.30. The fourth-order valence-corrected chi connectivity index (χ4v) is 4.18. The van der Waals surface area contributed by atoms with Crippen LogP contribution in [0.1, 0.15) is 37.7 Å². The zero-order valence-electron chi connectivity index (χ0n) is 17.4. The lowest BCUT2D eigenvalue weighted by atomic mass is 9.80. The van der Waals surface area contributed by atoms with Crippen molar-refractivity contribution in [3.8, 4) is 5.75 Å². The van der Waals surface area contributed by atoms with Gasteiger partial charge in [0.2, 0.25) is 0 Å². The first-order valence-electron chi connectivity index (χ1n) is 10.4. The van der Waals surface area contributed by atoms with Gasteiger partial charge in [-0.2, -0.15) is 0 Å². The lowest BCUT2D eigenvalue weighted by molar-refractivity contribution is 0.110. The van der Waals surface area contributed by atoms with Crippen molar-refractivity contribution in [1.82, 2.24) is 4.90 Å². The van der Waals surface area contributed by atoms with E-state index in [2.05, 4.69) is 55.1 Å². The minimum atomic E-state index is 0.492. The summed E-state index contributed by atoms with van der Waals surface area (Å²) in [7, 11) is 4.17. The SMILES string of the molecule is CCCCN1CC[C@@H](c2ccc(N(C)C)cc2)[C@H](COc2ccc(Cl)cc2)C1. The first-order valence-corrected chi connectivity index (χ1v) is 10.8. The molecule has 2 atom stereocenters. The van der Waals surface area contributed by atoms with Crippen molar-refractivity contribution in [2.75, 3.05) is 45.2 Å². The molecule has 152 valence electrons. The fourth-order valence-electron chi connectivity index (χ4n) is 4.05. The van der Waals surface area contributed by atoms with Gasteiger partial charge in [0.05, 0.1) is 6.61 Å². The minimum Gasteiger partial charge on any atom is -0.493 e. The Balaban J connectivity index is 1.71. The molecule has 0 unspecified atom stereocenters. The molecule has 3 nitrogen and oxygen atoms in total. The molecule has 1 heterocycles. The average Bonchev–Trinajstić information content (AvgIpc) is 2.72. The van der Waals surface area contributed by atoms with Gasteiger partial charge in [-0.1, -0.05) is 37.1 Å². The van der Waals surface area contributed by atoms with Gasteiger partial charge in [0.1, 0.15) is 5.75 Å². The van der Waals surface area contributed by atoms with E-state index in [4.69, 9.17) is 16.3 Å². The third-order valence-corrected chi connectivity index (χ3v) is 6.01. The minimum absolute atomic E-state index is 0.492. The summed E-state index contributed by atoms with van der Waals surface area (Å²) < 4.78 is 6.17. The molecule has 1 saturated heterocycles. The van der Waals surface area contributed by atoms with Gasteiger partial charge in [0, 0.05) is 37.3 Å². The maximum Gasteiger partial charge on any atom is 0.119 e. The van der Waals surface area contributed by atoms with Crippen LogP contribution in [0.2, 0.25) is 5.02 Å². The number of likely N-dealkylation sites (tertiary alicyclic amines) is 1. The summed E-state index contributed by atoms with van der Waals surface area (Å²) in [5, 5.41) is 0.745. The number of hydrogen-bond acceptors (Lipinski definition) is 3. The van der Waals surface area contributed by atoms with Crippen LogP contribution in [0.15, 0.2) is 48.5 Å². The first-order chi connectivity index (χ1) is 13.6. The largest absolute Gasteiger partial charge is 0.493 e. The fraction of sp³-hybridized carbons (Fsp3) is 0.500. The second kappa shape index (κ2) is 10.2. The smallest absolute Gasteiger partial charge is 0.119 e. The van der Waals surface area contributed by atoms with E-state index in [0.29, 0.717) is 11.8 Å². The Morgan fingerprint density at radius 2 is 1.79 bits per heavy atom. The van der Waals surface area contributed by atoms with E-state index in [1.54, 1.807) is 0 Å². The zero-order valence-corrected chi connectivity index (χ0v) is 18.2. The Labute approximate surface area is 175 Å². The number of hydrogen-bond donors (Lipinski definition) is 0. The molecule has 1 aliphatic heterocycles. The number of anilines is 1. The Kier molecular flexibility index (Phi) is 7.64. The number of rotatable bonds is 8. The maximum atomic E-state index is 6.17. The van der Waals surface area contributed by atoms with E-state index in [0.717, 1.165) is 23.9 Å². The molecule has 0 aliphatic carbocycles. The Morgan fingerprint density at radius 1 is 1.07 bits per heavy atom. The predicted molar refractivity (Wildman–Crippen MR) is 120 cm³/mol. The molecule has 0 N–H and O–H groups in total. The average molecular weight is 401 g/mol. The van der Waals surface area contributed by atoms with Gasteiger partial charge in [-0.3, -0.25) is 0 Å². The Hall–Kier alpha value is -1.71. The van der Waals surface area contributed by atoms with Gasteiger partial charge in [-0.15, -0.1) is 0 Å². The van der Waals surface area contributed by atoms with Gasteiger partial charge >= 0.3 is 0 Å². The number of piperidine rings is 1. The molecule has 28 heavy (non-hydrogen) atoms. The van der Waals surface area contributed by atoms with Crippen LogP contribution in [0, 0.1) is 5.92 Å². The van der Waals surface area contributed by atoms with E-state index in [1.165, 1.54) is 43.6 Å². The van der Waals surface area contributed by atoms with Crippen LogP contribution >= 0.6 is 11.6 Å². The molecule has 0 amide bonds. The molecule has 2 aromatic rings. The van der Waals surface area contributed by atoms with Crippen LogP contribution in [0.5, 0.6) is 5.75 Å². The highest BCUT2D eigenvalue weighted by atomic mass is 35.5. The van der Waals surface area contributed by atoms with Gasteiger partial charge < -0.3 is 14.5 Å². The lowest BCUT2D eigenvalue weighted by Crippen LogP contribution is -2.42. The van der Waals surface area contributed by atoms with Crippen molar-refractivity contribution < 1.29 is 4.74 Å². The summed E-state index contributed by atoms with van der Waals surface area (Å²) in [6.45, 7) is 6.48. The molecular weight excluding hydrogens is 368 g/mol. The molecule has 1 aliphatic rings. The standard InChI is InChI=1S/C24H33ClN2O/c1-4-5-15-27-16-14-24(19-6-10-22(11-7-19)26(2)3)20(17-27)18-28-23-12-8-21(25)9-13-23/h6-13,20,24H,4-5,14-18H2,1-3H3/t20-,24-/m0/s1. The molecule has 4 heteroatoms. The number of benzene rings is 2. The summed E-state index contributed by atoms with van der Waals surface area (Å²) in [5.74, 6) is 1.93. The van der Waals surface area contributed by atoms with Crippen molar-refractivity contribution >= 4 is 17.3 Å². The highest BCUT2D eigenvalue weighted by Crippen LogP contribution is 2.34. The Bertz CT molecular complexity index is 714. The summed E-state index contributed by atoms with van der Waals surface area (Å²) in [4.78, 5) is 4.77. The van der Waals surface area contributed by atoms with E-state index >= 15 is 0 Å². The third kappa shape index (κ3) is 5.65. The monoisotopic (exact) mass is 400 g/mol. The summed E-state index contributed by atoms with van der Waals surface area (Å²) >= 11 is 6.00. The summed E-state index contributed by atoms with van der Waals surface area (Å²) in [6, 6.07) is 16.8. The summed E-state index contributed by atoms with van der Waals surface area (Å²) in [5.41, 5.74) is 2.68. The highest BCUT2D eigenvalue weighted by molar-refractivity contribution is 6.30. The molecule has 0 bridgehead atoms. The predicted octanol–water partition coefficient (Wildman–Crippen LogP) is 5.69. The normalized spacial score (nSPS) is 20.1. The quantitative estimate of drug-likeness (QED) is 0.566. The second-order valence-electron chi connectivity index (χ2n) is 8.06. The van der Waals surface area contributed by atoms with Gasteiger partial charge in [0.15, 0.2) is 0 Å². The topological polar surface area (TPSA) is 15.7 Å². The number of halogens is 1. The number of unbranched alkanes of at least 4 members (excludes halogenated alkanes) is 1. The molecule has 0 spiro atoms. The third-order valence-electron chi connectivity index (χ3n) is 5.76. The number of ether oxygens (including phenoxy) is 1. The van der Waals surface area contributed by atoms with Crippen LogP contribution in [0.3, 0.4) is 0 Å². The van der Waals surface area contributed by atoms with E-state index < -0.39 is 0 Å². The van der Waals surface area contributed by atoms with Crippen LogP contribution in [-0.4, -0.2) is 45.2 Å². The molecule has 2 aromatic carbocycles. The molecule has 0 radical (unpaired) electrons. The van der Waals surface area contributed by atoms with Crippen LogP contribution in [0.25, 0.3) is 0 Å². The van der Waals surface area contributed by atoms with Crippen LogP contribution in [-0.2, 0) is 0 Å². The van der Waals surface area contributed by atoms with Crippen LogP contribution in [0.4, 0.5) is 5.69 Å². The van der Waals surface area contributed by atoms with E-state index in [9.17, 15) is 0 Å². The van der Waals surface area contributed by atoms with Crippen molar-refractivity contribution in [3.05, 3.63) is 59.1 Å². The number of nitrogens with zero attached hydrogens (tertiary/aromatic N) is 2. The first kappa shape index (κ1) is 21.0. The Morgan fingerprint density at radius 3 is 2.43 bits per heavy atom. The molecule has 0 saturated carbocycles. The zero-order chi connectivity index (χ0) is 19.9. The van der Waals surface area contributed by atoms with Crippen molar-refractivity contribution in [3.63, 3.8) is 0 Å². The van der Waals surface area contributed by atoms with Crippen molar-refractivity contribution in [2.45, 2.75) is 32.1 Å². The maximum absolute atomic E-state index is 6.17. The van der Waals surface area contributed by atoms with Crippen molar-refractivity contribution in [2.24, 2.45) is 5.92 Å². The molecular formula is C24H33ClN2O. The van der Waals surface area contributed by atoms with Crippen LogP contribution < -0.4 is 9.64 Å². The van der Waals surface area contributed by atoms with E-state index in [-0.39, 0.29) is 0 Å². The lowest BCUT2D eigenvalue weighted by Gasteiger charge is -2.39. The van der Waals surface area contributed by atoms with Gasteiger partial charge in [-0.05, 0) is 73.8 Å².